The summed E-state index contributed by atoms with van der Waals surface area (Å²) in [6.45, 7) is 22.5. The molecule has 10 atom stereocenters. The highest BCUT2D eigenvalue weighted by molar-refractivity contribution is 5.24. The first-order chi connectivity index (χ1) is 15.7. The third-order valence-electron chi connectivity index (χ3n) is 14.5. The molecule has 0 radical (unpaired) electrons. The van der Waals surface area contributed by atoms with Crippen LogP contribution in [0.15, 0.2) is 12.2 Å². The Morgan fingerprint density at radius 3 is 2.09 bits per heavy atom. The van der Waals surface area contributed by atoms with Crippen LogP contribution in [0.5, 0.6) is 0 Å². The zero-order valence-corrected chi connectivity index (χ0v) is 23.5. The summed E-state index contributed by atoms with van der Waals surface area (Å²) in [5.41, 5.74) is 2.65. The maximum Gasteiger partial charge on any atom is 0.0594 e. The Morgan fingerprint density at radius 1 is 0.794 bits per heavy atom. The van der Waals surface area contributed by atoms with Gasteiger partial charge in [-0.05, 0) is 127 Å². The third-order valence-corrected chi connectivity index (χ3v) is 14.5. The molecule has 34 heavy (non-hydrogen) atoms. The summed E-state index contributed by atoms with van der Waals surface area (Å²) in [6, 6.07) is 0. The van der Waals surface area contributed by atoms with Gasteiger partial charge in [0.15, 0.2) is 0 Å². The fourth-order valence-corrected chi connectivity index (χ4v) is 12.4. The fourth-order valence-electron chi connectivity index (χ4n) is 12.4. The van der Waals surface area contributed by atoms with Crippen LogP contribution >= 0.6 is 0 Å². The van der Waals surface area contributed by atoms with Gasteiger partial charge in [0.25, 0.3) is 0 Å². The molecule has 0 aliphatic heterocycles. The van der Waals surface area contributed by atoms with Crippen LogP contribution in [0.2, 0.25) is 0 Å². The number of aliphatic hydroxyl groups is 2. The predicted octanol–water partition coefficient (Wildman–Crippen LogP) is 7.78. The second-order valence-corrected chi connectivity index (χ2v) is 15.6. The van der Waals surface area contributed by atoms with Gasteiger partial charge in [0.1, 0.15) is 0 Å². The molecule has 2 N–H and O–H groups in total. The molecule has 0 amide bonds. The molecule has 2 nitrogen and oxygen atoms in total. The topological polar surface area (TPSA) is 40.5 Å². The highest BCUT2D eigenvalue weighted by atomic mass is 16.3. The van der Waals surface area contributed by atoms with Crippen LogP contribution in [0.1, 0.15) is 119 Å². The van der Waals surface area contributed by atoms with E-state index in [1.807, 2.05) is 0 Å². The summed E-state index contributed by atoms with van der Waals surface area (Å²) < 4.78 is 0. The molecule has 5 rings (SSSR count). The van der Waals surface area contributed by atoms with Crippen molar-refractivity contribution in [3.8, 4) is 0 Å². The molecule has 5 fully saturated rings. The minimum absolute atomic E-state index is 0.0169. The Labute approximate surface area is 210 Å². The Morgan fingerprint density at radius 2 is 1.44 bits per heavy atom. The number of hydrogen-bond donors (Lipinski definition) is 2. The van der Waals surface area contributed by atoms with E-state index in [0.29, 0.717) is 35.2 Å². The van der Waals surface area contributed by atoms with Gasteiger partial charge in [-0.3, -0.25) is 0 Å². The molecular formula is C32H54O2. The predicted molar refractivity (Wildman–Crippen MR) is 141 cm³/mol. The fraction of sp³-hybridized carbons (Fsp3) is 0.938. The minimum atomic E-state index is -0.155. The van der Waals surface area contributed by atoms with E-state index in [-0.39, 0.29) is 27.8 Å². The quantitative estimate of drug-likeness (QED) is 0.405. The van der Waals surface area contributed by atoms with E-state index in [0.717, 1.165) is 12.3 Å². The van der Waals surface area contributed by atoms with E-state index in [1.54, 1.807) is 0 Å². The van der Waals surface area contributed by atoms with E-state index < -0.39 is 0 Å². The average Bonchev–Trinajstić information content (AvgIpc) is 2.77. The second kappa shape index (κ2) is 7.59. The molecule has 194 valence electrons. The van der Waals surface area contributed by atoms with Gasteiger partial charge in [0, 0.05) is 6.61 Å². The molecule has 0 saturated heterocycles. The lowest BCUT2D eigenvalue weighted by Gasteiger charge is -2.77. The van der Waals surface area contributed by atoms with Crippen LogP contribution in [-0.2, 0) is 0 Å². The van der Waals surface area contributed by atoms with Crippen LogP contribution in [-0.4, -0.2) is 22.9 Å². The van der Waals surface area contributed by atoms with Gasteiger partial charge in [-0.2, -0.15) is 0 Å². The van der Waals surface area contributed by atoms with E-state index in [2.05, 4.69) is 55.0 Å². The normalized spacial score (nSPS) is 56.4. The number of fused-ring (bicyclic) bond motifs is 7. The smallest absolute Gasteiger partial charge is 0.0594 e. The highest BCUT2D eigenvalue weighted by Gasteiger charge is 2.73. The van der Waals surface area contributed by atoms with Gasteiger partial charge in [-0.15, -0.1) is 0 Å². The van der Waals surface area contributed by atoms with Gasteiger partial charge < -0.3 is 10.2 Å². The monoisotopic (exact) mass is 470 g/mol. The highest BCUT2D eigenvalue weighted by Crippen LogP contribution is 2.80. The van der Waals surface area contributed by atoms with Gasteiger partial charge in [-0.1, -0.05) is 60.1 Å². The molecule has 0 spiro atoms. The summed E-state index contributed by atoms with van der Waals surface area (Å²) in [6.07, 6.45) is 13.4. The molecule has 5 aliphatic carbocycles. The molecule has 0 aromatic heterocycles. The maximum absolute atomic E-state index is 11.0. The molecule has 0 heterocycles. The zero-order chi connectivity index (χ0) is 24.9. The van der Waals surface area contributed by atoms with E-state index in [4.69, 9.17) is 0 Å². The molecule has 2 heteroatoms. The Balaban J connectivity index is 1.60. The molecule has 0 bridgehead atoms. The number of hydrogen-bond acceptors (Lipinski definition) is 2. The third kappa shape index (κ3) is 2.82. The molecule has 5 aliphatic rings. The average molecular weight is 471 g/mol. The largest absolute Gasteiger partial charge is 0.396 e. The SMILES string of the molecule is C=C(C)[C@H]1CCC[C@]2(CO)CC[C@@]3(C)[C@]4(C)CC[C@H]5C(C)(C)[C@@H](O)CC[C@]5(C)[C@H]4CC[C@]3(C)[C@@H]12. The van der Waals surface area contributed by atoms with Crippen LogP contribution in [0.3, 0.4) is 0 Å². The summed E-state index contributed by atoms with van der Waals surface area (Å²) in [5.74, 6) is 2.47. The van der Waals surface area contributed by atoms with Crippen molar-refractivity contribution in [1.29, 1.82) is 0 Å². The Kier molecular flexibility index (Phi) is 5.65. The van der Waals surface area contributed by atoms with Crippen LogP contribution < -0.4 is 0 Å². The van der Waals surface area contributed by atoms with Crippen LogP contribution in [0, 0.1) is 56.2 Å². The summed E-state index contributed by atoms with van der Waals surface area (Å²) in [4.78, 5) is 0. The van der Waals surface area contributed by atoms with Crippen molar-refractivity contribution in [2.45, 2.75) is 125 Å². The lowest BCUT2D eigenvalue weighted by molar-refractivity contribution is -0.289. The van der Waals surface area contributed by atoms with Gasteiger partial charge in [-0.25, -0.2) is 0 Å². The Hall–Kier alpha value is -0.340. The van der Waals surface area contributed by atoms with Crippen molar-refractivity contribution in [3.05, 3.63) is 12.2 Å². The maximum atomic E-state index is 11.0. The van der Waals surface area contributed by atoms with Crippen LogP contribution in [0.25, 0.3) is 0 Å². The number of allylic oxidation sites excluding steroid dienone is 1. The number of rotatable bonds is 2. The Bertz CT molecular complexity index is 846. The van der Waals surface area contributed by atoms with Crippen molar-refractivity contribution < 1.29 is 10.2 Å². The van der Waals surface area contributed by atoms with Crippen molar-refractivity contribution in [1.82, 2.24) is 0 Å². The van der Waals surface area contributed by atoms with Gasteiger partial charge in [0.2, 0.25) is 0 Å². The number of aliphatic hydroxyl groups excluding tert-OH is 2. The molecule has 0 unspecified atom stereocenters. The van der Waals surface area contributed by atoms with Crippen molar-refractivity contribution in [2.24, 2.45) is 56.2 Å². The lowest BCUT2D eigenvalue weighted by atomic mass is 9.27. The molecule has 0 aromatic carbocycles. The first kappa shape index (κ1) is 25.3. The van der Waals surface area contributed by atoms with Gasteiger partial charge in [0.05, 0.1) is 6.10 Å². The van der Waals surface area contributed by atoms with E-state index >= 15 is 0 Å². The molecular weight excluding hydrogens is 416 g/mol. The minimum Gasteiger partial charge on any atom is -0.396 e. The summed E-state index contributed by atoms with van der Waals surface area (Å²) in [5, 5.41) is 21.9. The van der Waals surface area contributed by atoms with E-state index in [9.17, 15) is 10.2 Å². The van der Waals surface area contributed by atoms with Crippen molar-refractivity contribution in [3.63, 3.8) is 0 Å². The first-order valence-electron chi connectivity index (χ1n) is 14.7. The standard InChI is InChI=1S/C32H54O2/c1-21(2)22-10-9-14-32(20-33)19-18-31(8)29(6)16-11-23-27(3,4)25(34)13-15-28(23,5)24(29)12-17-30(31,7)26(22)32/h22-26,33-34H,1,9-20H2,2-8H3/t22-,23+,24-,25+,26-,28+,29-,30-,31+,32-/m1/s1. The summed E-state index contributed by atoms with van der Waals surface area (Å²) >= 11 is 0. The van der Waals surface area contributed by atoms with Gasteiger partial charge >= 0.3 is 0 Å². The molecule has 0 aromatic rings. The van der Waals surface area contributed by atoms with Crippen molar-refractivity contribution in [2.75, 3.05) is 6.61 Å². The van der Waals surface area contributed by atoms with Crippen molar-refractivity contribution >= 4 is 0 Å². The molecule has 5 saturated carbocycles. The van der Waals surface area contributed by atoms with E-state index in [1.165, 1.54) is 69.8 Å². The lowest BCUT2D eigenvalue weighted by Crippen LogP contribution is -2.71. The van der Waals surface area contributed by atoms with Crippen LogP contribution in [0.4, 0.5) is 0 Å². The zero-order valence-electron chi connectivity index (χ0n) is 23.5. The summed E-state index contributed by atoms with van der Waals surface area (Å²) in [7, 11) is 0. The first-order valence-corrected chi connectivity index (χ1v) is 14.7. The second-order valence-electron chi connectivity index (χ2n) is 15.6.